The van der Waals surface area contributed by atoms with Crippen LogP contribution < -0.4 is 20.7 Å². The number of ether oxygens (including phenoxy) is 2. The Bertz CT molecular complexity index is 950. The fraction of sp³-hybridized carbons (Fsp3) is 0.500. The van der Waals surface area contributed by atoms with Crippen LogP contribution in [0.4, 0.5) is 40.8 Å². The lowest BCUT2D eigenvalue weighted by molar-refractivity contribution is -0.278. The van der Waals surface area contributed by atoms with Gasteiger partial charge in [0.1, 0.15) is 17.9 Å². The molecule has 0 aliphatic carbocycles. The SMILES string of the molecule is COC(C(=O)NCC(F)(F)C(F)(F)F)C(=O)NC1C(=O)Nc2ccc(C(F)(F)F)cc2O[C@@H]1C. The summed E-state index contributed by atoms with van der Waals surface area (Å²) in [4.78, 5) is 36.8. The van der Waals surface area contributed by atoms with Gasteiger partial charge in [0, 0.05) is 7.11 Å². The summed E-state index contributed by atoms with van der Waals surface area (Å²) in [6, 6.07) is 0.590. The van der Waals surface area contributed by atoms with Crippen molar-refractivity contribution in [3.63, 3.8) is 0 Å². The molecule has 2 rings (SSSR count). The van der Waals surface area contributed by atoms with Gasteiger partial charge in [-0.05, 0) is 25.1 Å². The van der Waals surface area contributed by atoms with E-state index in [9.17, 15) is 49.5 Å². The zero-order valence-electron chi connectivity index (χ0n) is 17.2. The van der Waals surface area contributed by atoms with Crippen LogP contribution >= 0.6 is 0 Å². The first-order valence-corrected chi connectivity index (χ1v) is 9.22. The molecule has 0 saturated carbocycles. The van der Waals surface area contributed by atoms with Gasteiger partial charge >= 0.3 is 18.3 Å². The van der Waals surface area contributed by atoms with E-state index in [0.29, 0.717) is 12.1 Å². The standard InChI is InChI=1S/C18H17F8N3O5/c1-7-11(13(30)28-9-4-3-8(17(21,22)23)5-10(9)34-7)29-15(32)12(33-2)14(31)27-6-16(19,20)18(24,25)26/h3-5,7,11-12H,6H2,1-2H3,(H,27,31)(H,28,30)(H,29,32)/t7-,11?,12?/m1/s1. The summed E-state index contributed by atoms with van der Waals surface area (Å²) >= 11 is 0. The predicted molar refractivity (Wildman–Crippen MR) is 96.9 cm³/mol. The maximum atomic E-state index is 13.0. The van der Waals surface area contributed by atoms with Gasteiger partial charge in [0.2, 0.25) is 6.10 Å². The second-order valence-corrected chi connectivity index (χ2v) is 7.04. The Labute approximate surface area is 185 Å². The van der Waals surface area contributed by atoms with E-state index in [-0.39, 0.29) is 11.4 Å². The maximum absolute atomic E-state index is 13.0. The molecular weight excluding hydrogens is 490 g/mol. The highest BCUT2D eigenvalue weighted by Crippen LogP contribution is 2.37. The highest BCUT2D eigenvalue weighted by molar-refractivity contribution is 6.06. The van der Waals surface area contributed by atoms with Gasteiger partial charge in [0.05, 0.1) is 17.8 Å². The molecule has 0 fully saturated rings. The van der Waals surface area contributed by atoms with Crippen molar-refractivity contribution in [3.8, 4) is 5.75 Å². The van der Waals surface area contributed by atoms with Gasteiger partial charge < -0.3 is 25.4 Å². The molecule has 8 nitrogen and oxygen atoms in total. The van der Waals surface area contributed by atoms with Crippen LogP contribution in [0.5, 0.6) is 5.75 Å². The average molecular weight is 507 g/mol. The average Bonchev–Trinajstić information content (AvgIpc) is 2.81. The molecule has 0 aromatic heterocycles. The predicted octanol–water partition coefficient (Wildman–Crippen LogP) is 2.24. The number of methoxy groups -OCH3 is 1. The Morgan fingerprint density at radius 3 is 2.26 bits per heavy atom. The van der Waals surface area contributed by atoms with Crippen molar-refractivity contribution in [2.24, 2.45) is 0 Å². The number of carbonyl (C=O) groups is 3. The van der Waals surface area contributed by atoms with Crippen LogP contribution in [0.25, 0.3) is 0 Å². The first-order chi connectivity index (χ1) is 15.5. The van der Waals surface area contributed by atoms with Gasteiger partial charge in [0.25, 0.3) is 17.7 Å². The number of nitrogens with one attached hydrogen (secondary N) is 3. The Morgan fingerprint density at radius 2 is 1.74 bits per heavy atom. The summed E-state index contributed by atoms with van der Waals surface area (Å²) in [7, 11) is 0.771. The minimum absolute atomic E-state index is 0.156. The lowest BCUT2D eigenvalue weighted by Crippen LogP contribution is -2.57. The molecule has 0 radical (unpaired) electrons. The van der Waals surface area contributed by atoms with Crippen molar-refractivity contribution >= 4 is 23.4 Å². The summed E-state index contributed by atoms with van der Waals surface area (Å²) in [5, 5.41) is 5.46. The van der Waals surface area contributed by atoms with Crippen LogP contribution in [0.1, 0.15) is 12.5 Å². The molecule has 1 aliphatic rings. The third-order valence-electron chi connectivity index (χ3n) is 4.54. The van der Waals surface area contributed by atoms with E-state index in [1.165, 1.54) is 12.2 Å². The molecule has 1 aliphatic heterocycles. The zero-order chi connectivity index (χ0) is 26.1. The van der Waals surface area contributed by atoms with Crippen molar-refractivity contribution in [2.75, 3.05) is 19.0 Å². The smallest absolute Gasteiger partial charge is 0.455 e. The molecule has 3 atom stereocenters. The fourth-order valence-corrected chi connectivity index (χ4v) is 2.73. The molecular formula is C18H17F8N3O5. The molecule has 3 amide bonds. The molecule has 3 N–H and O–H groups in total. The van der Waals surface area contributed by atoms with Crippen LogP contribution in [0.2, 0.25) is 0 Å². The van der Waals surface area contributed by atoms with E-state index in [1.807, 2.05) is 5.32 Å². The quantitative estimate of drug-likeness (QED) is 0.405. The second-order valence-electron chi connectivity index (χ2n) is 7.04. The van der Waals surface area contributed by atoms with Gasteiger partial charge in [0.15, 0.2) is 0 Å². The van der Waals surface area contributed by atoms with Crippen LogP contribution in [0.15, 0.2) is 18.2 Å². The first-order valence-electron chi connectivity index (χ1n) is 9.22. The van der Waals surface area contributed by atoms with Crippen molar-refractivity contribution < 1.29 is 59.0 Å². The molecule has 1 aromatic rings. The number of amides is 3. The molecule has 2 unspecified atom stereocenters. The van der Waals surface area contributed by atoms with E-state index in [4.69, 9.17) is 4.74 Å². The lowest BCUT2D eigenvalue weighted by atomic mass is 10.1. The summed E-state index contributed by atoms with van der Waals surface area (Å²) < 4.78 is 111. The number of fused-ring (bicyclic) bond motifs is 1. The van der Waals surface area contributed by atoms with E-state index < -0.39 is 66.4 Å². The molecule has 0 saturated heterocycles. The third kappa shape index (κ3) is 6.03. The van der Waals surface area contributed by atoms with E-state index in [1.54, 1.807) is 0 Å². The summed E-state index contributed by atoms with van der Waals surface area (Å²) in [6.07, 6.45) is -14.2. The van der Waals surface area contributed by atoms with Crippen LogP contribution in [-0.2, 0) is 25.3 Å². The molecule has 190 valence electrons. The molecule has 1 aromatic carbocycles. The van der Waals surface area contributed by atoms with Crippen molar-refractivity contribution in [1.82, 2.24) is 10.6 Å². The van der Waals surface area contributed by atoms with Gasteiger partial charge in [-0.15, -0.1) is 0 Å². The van der Waals surface area contributed by atoms with E-state index >= 15 is 0 Å². The Morgan fingerprint density at radius 1 is 1.12 bits per heavy atom. The number of benzene rings is 1. The number of halogens is 8. The number of hydrogen-bond acceptors (Lipinski definition) is 5. The lowest BCUT2D eigenvalue weighted by Gasteiger charge is -2.24. The van der Waals surface area contributed by atoms with Crippen molar-refractivity contribution in [3.05, 3.63) is 23.8 Å². The number of carbonyl (C=O) groups excluding carboxylic acids is 3. The van der Waals surface area contributed by atoms with Crippen LogP contribution in [0.3, 0.4) is 0 Å². The molecule has 0 spiro atoms. The monoisotopic (exact) mass is 507 g/mol. The first kappa shape index (κ1) is 27.1. The molecule has 0 bridgehead atoms. The molecule has 34 heavy (non-hydrogen) atoms. The number of anilines is 1. The number of rotatable bonds is 6. The highest BCUT2D eigenvalue weighted by atomic mass is 19.4. The van der Waals surface area contributed by atoms with Crippen LogP contribution in [0, 0.1) is 0 Å². The molecule has 16 heteroatoms. The van der Waals surface area contributed by atoms with Gasteiger partial charge in [-0.25, -0.2) is 0 Å². The normalized spacial score (nSPS) is 19.8. The molecule has 1 heterocycles. The van der Waals surface area contributed by atoms with Gasteiger partial charge in [-0.2, -0.15) is 35.1 Å². The Balaban J connectivity index is 2.13. The van der Waals surface area contributed by atoms with Gasteiger partial charge in [-0.3, -0.25) is 14.4 Å². The highest BCUT2D eigenvalue weighted by Gasteiger charge is 2.57. The maximum Gasteiger partial charge on any atom is 0.455 e. The largest absolute Gasteiger partial charge is 0.486 e. The van der Waals surface area contributed by atoms with Gasteiger partial charge in [-0.1, -0.05) is 0 Å². The van der Waals surface area contributed by atoms with Crippen molar-refractivity contribution in [2.45, 2.75) is 43.4 Å². The minimum atomic E-state index is -5.96. The van der Waals surface area contributed by atoms with E-state index in [0.717, 1.165) is 13.2 Å². The summed E-state index contributed by atoms with van der Waals surface area (Å²) in [5.74, 6) is -9.71. The Hall–Kier alpha value is -3.17. The topological polar surface area (TPSA) is 106 Å². The minimum Gasteiger partial charge on any atom is -0.486 e. The zero-order valence-corrected chi connectivity index (χ0v) is 17.2. The summed E-state index contributed by atoms with van der Waals surface area (Å²) in [6.45, 7) is -0.978. The number of hydrogen-bond donors (Lipinski definition) is 3. The number of alkyl halides is 8. The third-order valence-corrected chi connectivity index (χ3v) is 4.54. The summed E-state index contributed by atoms with van der Waals surface area (Å²) in [5.41, 5.74) is -1.24. The van der Waals surface area contributed by atoms with Crippen molar-refractivity contribution in [1.29, 1.82) is 0 Å². The Kier molecular flexibility index (Phi) is 7.64. The van der Waals surface area contributed by atoms with Crippen LogP contribution in [-0.4, -0.2) is 61.7 Å². The fourth-order valence-electron chi connectivity index (χ4n) is 2.73. The van der Waals surface area contributed by atoms with E-state index in [2.05, 4.69) is 10.1 Å². The second kappa shape index (κ2) is 9.60.